The molecule has 1 fully saturated rings. The number of hydrogen-bond acceptors (Lipinski definition) is 4. The largest absolute Gasteiger partial charge is 0.274 e. The zero-order valence-corrected chi connectivity index (χ0v) is 13.5. The average Bonchev–Trinajstić information content (AvgIpc) is 2.58. The average molecular weight is 313 g/mol. The number of carbonyl (C=O) groups excluding carboxylic acids is 1. The maximum Gasteiger partial charge on any atom is 0.245 e. The Labute approximate surface area is 125 Å². The number of hydrogen-bond donors (Lipinski definition) is 1. The number of amides is 1. The Morgan fingerprint density at radius 2 is 1.80 bits per heavy atom. The summed E-state index contributed by atoms with van der Waals surface area (Å²) in [4.78, 5) is 12.1. The number of nitrogens with zero attached hydrogens (tertiary/aromatic N) is 1. The van der Waals surface area contributed by atoms with E-state index in [1.165, 1.54) is 0 Å². The second-order valence-electron chi connectivity index (χ2n) is 5.97. The van der Waals surface area contributed by atoms with Crippen molar-refractivity contribution in [3.8, 4) is 0 Å². The van der Waals surface area contributed by atoms with Crippen LogP contribution in [0.3, 0.4) is 0 Å². The molecule has 1 heterocycles. The Morgan fingerprint density at radius 1 is 1.25 bits per heavy atom. The Morgan fingerprint density at radius 3 is 2.20 bits per heavy atom. The maximum atomic E-state index is 12.6. The molecule has 0 radical (unpaired) electrons. The van der Waals surface area contributed by atoms with E-state index in [0.717, 1.165) is 9.87 Å². The molecule has 0 saturated carbocycles. The Balaban J connectivity index is 2.42. The molecule has 2 rings (SSSR count). The van der Waals surface area contributed by atoms with Gasteiger partial charge in [0.1, 0.15) is 5.25 Å². The highest BCUT2D eigenvalue weighted by atomic mass is 32.2. The van der Waals surface area contributed by atoms with E-state index in [1.807, 2.05) is 12.1 Å². The summed E-state index contributed by atoms with van der Waals surface area (Å²) in [6, 6.07) is 7.24. The van der Waals surface area contributed by atoms with Crippen LogP contribution in [0.4, 0.5) is 0 Å². The van der Waals surface area contributed by atoms with Crippen LogP contribution in [0, 0.1) is 0 Å². The Hall–Kier alpha value is -1.01. The third-order valence-corrected chi connectivity index (χ3v) is 6.13. The van der Waals surface area contributed by atoms with Crippen LogP contribution in [0.15, 0.2) is 24.3 Å². The second-order valence-corrected chi connectivity index (χ2v) is 8.25. The van der Waals surface area contributed by atoms with Crippen molar-refractivity contribution >= 4 is 28.6 Å². The van der Waals surface area contributed by atoms with Crippen LogP contribution in [-0.4, -0.2) is 24.2 Å². The normalized spacial score (nSPS) is 22.3. The number of rotatable bonds is 2. The van der Waals surface area contributed by atoms with E-state index in [0.29, 0.717) is 11.3 Å². The highest BCUT2D eigenvalue weighted by Gasteiger charge is 2.49. The van der Waals surface area contributed by atoms with Crippen molar-refractivity contribution in [2.45, 2.75) is 43.7 Å². The molecule has 1 aromatic rings. The van der Waals surface area contributed by atoms with Crippen LogP contribution in [0.1, 0.15) is 43.6 Å². The van der Waals surface area contributed by atoms with E-state index in [4.69, 9.17) is 0 Å². The summed E-state index contributed by atoms with van der Waals surface area (Å²) < 4.78 is 26.2. The molecule has 0 N–H and O–H groups in total. The predicted octanol–water partition coefficient (Wildman–Crippen LogP) is 2.52. The minimum Gasteiger partial charge on any atom is -0.274 e. The van der Waals surface area contributed by atoms with Gasteiger partial charge in [-0.2, -0.15) is 12.6 Å². The lowest BCUT2D eigenvalue weighted by Crippen LogP contribution is -2.45. The zero-order valence-electron chi connectivity index (χ0n) is 11.8. The smallest absolute Gasteiger partial charge is 0.245 e. The first-order valence-corrected chi connectivity index (χ1v) is 8.58. The van der Waals surface area contributed by atoms with Crippen LogP contribution in [0.5, 0.6) is 0 Å². The van der Waals surface area contributed by atoms with Crippen molar-refractivity contribution in [2.75, 3.05) is 0 Å². The molecule has 1 unspecified atom stereocenters. The molecule has 1 aliphatic rings. The van der Waals surface area contributed by atoms with Gasteiger partial charge >= 0.3 is 0 Å². The monoisotopic (exact) mass is 313 g/mol. The van der Waals surface area contributed by atoms with Gasteiger partial charge in [0.05, 0.1) is 12.0 Å². The van der Waals surface area contributed by atoms with Crippen LogP contribution in [-0.2, 0) is 20.6 Å². The van der Waals surface area contributed by atoms with E-state index >= 15 is 0 Å². The van der Waals surface area contributed by atoms with E-state index in [-0.39, 0.29) is 12.3 Å². The van der Waals surface area contributed by atoms with Gasteiger partial charge in [0, 0.05) is 5.75 Å². The Bertz CT molecular complexity index is 615. The zero-order chi connectivity index (χ0) is 15.1. The highest BCUT2D eigenvalue weighted by molar-refractivity contribution is 7.90. The van der Waals surface area contributed by atoms with E-state index in [1.54, 1.807) is 32.9 Å². The lowest BCUT2D eigenvalue weighted by Gasteiger charge is -2.30. The lowest BCUT2D eigenvalue weighted by atomic mass is 10.1. The predicted molar refractivity (Wildman–Crippen MR) is 82.0 cm³/mol. The molecule has 0 aromatic heterocycles. The van der Waals surface area contributed by atoms with Crippen LogP contribution in [0.2, 0.25) is 0 Å². The summed E-state index contributed by atoms with van der Waals surface area (Å²) in [5, 5.41) is -0.775. The third-order valence-electron chi connectivity index (χ3n) is 3.34. The molecule has 0 aliphatic carbocycles. The quantitative estimate of drug-likeness (QED) is 0.854. The molecule has 1 aliphatic heterocycles. The second kappa shape index (κ2) is 5.07. The summed E-state index contributed by atoms with van der Waals surface area (Å²) in [6.07, 6.45) is 0.0137. The molecule has 1 aromatic carbocycles. The summed E-state index contributed by atoms with van der Waals surface area (Å²) in [5.41, 5.74) is 0.956. The topological polar surface area (TPSA) is 54.5 Å². The first kappa shape index (κ1) is 15.4. The van der Waals surface area contributed by atoms with E-state index < -0.39 is 20.8 Å². The van der Waals surface area contributed by atoms with Crippen LogP contribution >= 0.6 is 12.6 Å². The van der Waals surface area contributed by atoms with Gasteiger partial charge in [0.25, 0.3) is 0 Å². The first-order chi connectivity index (χ1) is 9.17. The Kier molecular flexibility index (Phi) is 3.90. The van der Waals surface area contributed by atoms with Gasteiger partial charge in [-0.3, -0.25) is 4.79 Å². The van der Waals surface area contributed by atoms with Gasteiger partial charge in [-0.05, 0) is 31.9 Å². The van der Waals surface area contributed by atoms with Gasteiger partial charge in [-0.25, -0.2) is 12.7 Å². The molecule has 0 spiro atoms. The molecule has 1 amide bonds. The minimum absolute atomic E-state index is 0.0137. The molecule has 0 bridgehead atoms. The van der Waals surface area contributed by atoms with Crippen molar-refractivity contribution in [1.82, 2.24) is 4.31 Å². The summed E-state index contributed by atoms with van der Waals surface area (Å²) in [6.45, 7) is 5.19. The molecule has 20 heavy (non-hydrogen) atoms. The molecule has 4 nitrogen and oxygen atoms in total. The minimum atomic E-state index is -3.64. The molecule has 1 atom stereocenters. The fourth-order valence-electron chi connectivity index (χ4n) is 2.50. The fraction of sp³-hybridized carbons (Fsp3) is 0.500. The number of thiol groups is 1. The molecule has 6 heteroatoms. The maximum absolute atomic E-state index is 12.6. The van der Waals surface area contributed by atoms with Crippen molar-refractivity contribution < 1.29 is 13.2 Å². The van der Waals surface area contributed by atoms with Gasteiger partial charge in [0.2, 0.25) is 15.9 Å². The summed E-state index contributed by atoms with van der Waals surface area (Å²) in [5.74, 6) is 0.269. The number of carbonyl (C=O) groups is 1. The standard InChI is InChI=1S/C14H19NO3S2/c1-14(2,3)15-13(16)8-12(20(15,17)18)11-6-4-10(9-19)5-7-11/h4-7,12,19H,8-9H2,1-3H3. The van der Waals surface area contributed by atoms with Gasteiger partial charge in [0.15, 0.2) is 0 Å². The van der Waals surface area contributed by atoms with E-state index in [2.05, 4.69) is 12.6 Å². The number of sulfonamides is 1. The van der Waals surface area contributed by atoms with Gasteiger partial charge < -0.3 is 0 Å². The summed E-state index contributed by atoms with van der Waals surface area (Å²) >= 11 is 4.17. The SMILES string of the molecule is CC(C)(C)N1C(=O)CC(c2ccc(CS)cc2)S1(=O)=O. The van der Waals surface area contributed by atoms with Gasteiger partial charge in [-0.15, -0.1) is 0 Å². The number of benzene rings is 1. The lowest BCUT2D eigenvalue weighted by molar-refractivity contribution is -0.128. The van der Waals surface area contributed by atoms with Crippen molar-refractivity contribution in [2.24, 2.45) is 0 Å². The van der Waals surface area contributed by atoms with Crippen LogP contribution in [0.25, 0.3) is 0 Å². The van der Waals surface area contributed by atoms with Crippen molar-refractivity contribution in [3.63, 3.8) is 0 Å². The molecule has 110 valence electrons. The van der Waals surface area contributed by atoms with E-state index in [9.17, 15) is 13.2 Å². The third kappa shape index (κ3) is 2.59. The van der Waals surface area contributed by atoms with Crippen molar-refractivity contribution in [3.05, 3.63) is 35.4 Å². The molecular formula is C14H19NO3S2. The molecule has 1 saturated heterocycles. The highest BCUT2D eigenvalue weighted by Crippen LogP contribution is 2.40. The molecular weight excluding hydrogens is 294 g/mol. The summed E-state index contributed by atoms with van der Waals surface area (Å²) in [7, 11) is -3.64. The van der Waals surface area contributed by atoms with Gasteiger partial charge in [-0.1, -0.05) is 24.3 Å². The fourth-order valence-corrected chi connectivity index (χ4v) is 4.94. The van der Waals surface area contributed by atoms with Crippen molar-refractivity contribution in [1.29, 1.82) is 0 Å². The van der Waals surface area contributed by atoms with Crippen LogP contribution < -0.4 is 0 Å². The first-order valence-electron chi connectivity index (χ1n) is 6.44.